The number of carbonyl (C=O) groups excluding carboxylic acids is 1. The summed E-state index contributed by atoms with van der Waals surface area (Å²) >= 11 is 0. The van der Waals surface area contributed by atoms with Gasteiger partial charge in [-0.15, -0.1) is 0 Å². The summed E-state index contributed by atoms with van der Waals surface area (Å²) in [6.07, 6.45) is 33.8. The highest BCUT2D eigenvalue weighted by molar-refractivity contribution is 6.60. The van der Waals surface area contributed by atoms with Crippen molar-refractivity contribution in [3.63, 3.8) is 0 Å². The third-order valence-corrected chi connectivity index (χ3v) is 3.04. The molecule has 0 aliphatic carbocycles. The average Bonchev–Trinajstić information content (AvgIpc) is 2.85. The van der Waals surface area contributed by atoms with Gasteiger partial charge in [0.05, 0.1) is 6.21 Å². The van der Waals surface area contributed by atoms with E-state index in [2.05, 4.69) is 44.9 Å². The number of carbonyl (C=O) groups is 1. The van der Waals surface area contributed by atoms with Crippen LogP contribution in [0.5, 0.6) is 0 Å². The lowest BCUT2D eigenvalue weighted by Gasteiger charge is -1.89. The van der Waals surface area contributed by atoms with Gasteiger partial charge in [0.1, 0.15) is 5.71 Å². The smallest absolute Gasteiger partial charge is 0.268 e. The van der Waals surface area contributed by atoms with Crippen molar-refractivity contribution in [2.75, 3.05) is 0 Å². The summed E-state index contributed by atoms with van der Waals surface area (Å²) in [5, 5.41) is 0. The second-order valence-corrected chi connectivity index (χ2v) is 5.55. The van der Waals surface area contributed by atoms with Crippen LogP contribution >= 0.6 is 0 Å². The van der Waals surface area contributed by atoms with Crippen LogP contribution in [0, 0.1) is 0 Å². The second kappa shape index (κ2) is 21.9. The van der Waals surface area contributed by atoms with Gasteiger partial charge in [-0.25, -0.2) is 4.99 Å². The minimum Gasteiger partial charge on any atom is -0.364 e. The van der Waals surface area contributed by atoms with Crippen LogP contribution in [0.1, 0.15) is 0 Å². The number of nitrogens with two attached hydrogens (primary N) is 1. The number of primary amides is 1. The fraction of sp³-hybridized carbons (Fsp3) is 0. The zero-order valence-electron chi connectivity index (χ0n) is 18.7. The van der Waals surface area contributed by atoms with Gasteiger partial charge in [0.15, 0.2) is 0 Å². The van der Waals surface area contributed by atoms with Crippen molar-refractivity contribution >= 4 is 61.3 Å². The average molecular weight is 469 g/mol. The molecule has 1 amide bonds. The molecule has 2 N–H and O–H groups in total. The molecule has 176 valence electrons. The molecule has 11 heteroatoms. The van der Waals surface area contributed by atoms with Crippen molar-refractivity contribution in [3.05, 3.63) is 86.2 Å². The number of rotatable bonds is 1. The minimum atomic E-state index is -0.734. The fourth-order valence-corrected chi connectivity index (χ4v) is 1.63. The van der Waals surface area contributed by atoms with Crippen LogP contribution in [-0.2, 0) is 4.79 Å². The lowest BCUT2D eigenvalue weighted by Crippen LogP contribution is -2.24. The third kappa shape index (κ3) is 19.1. The third-order valence-electron chi connectivity index (χ3n) is 3.04. The van der Waals surface area contributed by atoms with E-state index >= 15 is 0 Å². The highest BCUT2D eigenvalue weighted by Gasteiger charge is 2.00. The van der Waals surface area contributed by atoms with Crippen molar-refractivity contribution in [2.24, 2.45) is 50.7 Å². The predicted molar refractivity (Wildman–Crippen MR) is 149 cm³/mol. The molecule has 0 aromatic rings. The number of hydrogen-bond donors (Lipinski definition) is 1. The highest BCUT2D eigenvalue weighted by Crippen LogP contribution is 1.84. The van der Waals surface area contributed by atoms with E-state index in [1.54, 1.807) is 30.8 Å². The zero-order chi connectivity index (χ0) is 25.1. The molecule has 0 aromatic heterocycles. The summed E-state index contributed by atoms with van der Waals surface area (Å²) in [6.45, 7) is 0. The van der Waals surface area contributed by atoms with Crippen LogP contribution in [0.4, 0.5) is 0 Å². The molecule has 1 heterocycles. The van der Waals surface area contributed by atoms with E-state index in [0.29, 0.717) is 0 Å². The highest BCUT2D eigenvalue weighted by atomic mass is 16.1. The molecular weight excluding hydrogens is 444 g/mol. The zero-order valence-corrected chi connectivity index (χ0v) is 18.7. The molecule has 1 aliphatic rings. The summed E-state index contributed by atoms with van der Waals surface area (Å²) in [7, 11) is 0. The number of nitrogens with zero attached hydrogens (tertiary/aromatic N) is 9. The van der Waals surface area contributed by atoms with Crippen molar-refractivity contribution in [2.45, 2.75) is 0 Å². The van der Waals surface area contributed by atoms with Gasteiger partial charge in [-0.05, 0) is 12.2 Å². The normalized spacial score (nSPS) is 15.8. The van der Waals surface area contributed by atoms with E-state index in [1.807, 2.05) is 18.2 Å². The maximum atomic E-state index is 11.4. The van der Waals surface area contributed by atoms with E-state index in [0.717, 1.165) is 0 Å². The van der Waals surface area contributed by atoms with Gasteiger partial charge < -0.3 is 5.73 Å². The summed E-state index contributed by atoms with van der Waals surface area (Å²) in [5.74, 6) is -0.734. The van der Waals surface area contributed by atoms with Gasteiger partial charge in [-0.1, -0.05) is 18.2 Å². The van der Waals surface area contributed by atoms with Crippen molar-refractivity contribution in [1.82, 2.24) is 0 Å². The Balaban J connectivity index is 2.85. The minimum absolute atomic E-state index is 0.0481. The monoisotopic (exact) mass is 468 g/mol. The fourth-order valence-electron chi connectivity index (χ4n) is 1.63. The first-order valence-corrected chi connectivity index (χ1v) is 9.98. The van der Waals surface area contributed by atoms with E-state index < -0.39 is 5.91 Å². The topological polar surface area (TPSA) is 154 Å². The first-order chi connectivity index (χ1) is 17.3. The summed E-state index contributed by atoms with van der Waals surface area (Å²) in [6, 6.07) is 0. The molecule has 1 rings (SSSR count). The Morgan fingerprint density at radius 2 is 0.857 bits per heavy atom. The van der Waals surface area contributed by atoms with E-state index in [1.165, 1.54) is 86.9 Å². The number of amides is 1. The number of hydrogen-bond acceptors (Lipinski definition) is 10. The molecule has 0 spiro atoms. The molecule has 0 saturated carbocycles. The van der Waals surface area contributed by atoms with E-state index in [4.69, 9.17) is 5.73 Å². The van der Waals surface area contributed by atoms with E-state index in [9.17, 15) is 4.79 Å². The standard InChI is InChI=1S/C24H24N10O/c25-24(35)23-22-33-19-18-31-17-16-30-15-14-29-13-12-28-10-8-26-6-4-2-1-3-5-7-27-9-11-32-20-21-34-23/h1-22H,(H2,25,35). The van der Waals surface area contributed by atoms with Crippen LogP contribution in [0.15, 0.2) is 131 Å². The Kier molecular flexibility index (Phi) is 17.3. The Morgan fingerprint density at radius 1 is 0.457 bits per heavy atom. The van der Waals surface area contributed by atoms with Crippen LogP contribution in [0.25, 0.3) is 0 Å². The van der Waals surface area contributed by atoms with Gasteiger partial charge in [0, 0.05) is 99.3 Å². The molecule has 0 saturated heterocycles. The summed E-state index contributed by atoms with van der Waals surface area (Å²) < 4.78 is 0. The van der Waals surface area contributed by atoms with Gasteiger partial charge in [-0.3, -0.25) is 44.7 Å². The molecule has 0 radical (unpaired) electrons. The molecule has 1 aliphatic heterocycles. The predicted octanol–water partition coefficient (Wildman–Crippen LogP) is 3.00. The Morgan fingerprint density at radius 3 is 1.40 bits per heavy atom. The first kappa shape index (κ1) is 27.7. The van der Waals surface area contributed by atoms with Crippen molar-refractivity contribution < 1.29 is 4.79 Å². The van der Waals surface area contributed by atoms with Crippen molar-refractivity contribution in [3.8, 4) is 0 Å². The van der Waals surface area contributed by atoms with E-state index in [-0.39, 0.29) is 5.71 Å². The lowest BCUT2D eigenvalue weighted by atomic mass is 10.4. The van der Waals surface area contributed by atoms with Gasteiger partial charge >= 0.3 is 0 Å². The first-order valence-electron chi connectivity index (χ1n) is 9.98. The molecule has 0 atom stereocenters. The Hall–Kier alpha value is -5.32. The van der Waals surface area contributed by atoms with Gasteiger partial charge in [0.2, 0.25) is 0 Å². The lowest BCUT2D eigenvalue weighted by molar-refractivity contribution is -0.111. The quantitative estimate of drug-likeness (QED) is 0.617. The molecule has 0 unspecified atom stereocenters. The van der Waals surface area contributed by atoms with Crippen molar-refractivity contribution in [1.29, 1.82) is 0 Å². The van der Waals surface area contributed by atoms with Gasteiger partial charge in [-0.2, -0.15) is 0 Å². The van der Waals surface area contributed by atoms with Crippen LogP contribution < -0.4 is 5.73 Å². The SMILES string of the molecule is NC(=O)C1=NC=CN=CC=NC=CC=CC=CC=NC=CN=CC=NC=CN=CC=NC=CN=C1. The molecule has 0 fully saturated rings. The number of aliphatic imine (C=N–C) groups is 9. The largest absolute Gasteiger partial charge is 0.364 e. The summed E-state index contributed by atoms with van der Waals surface area (Å²) in [4.78, 5) is 47.0. The molecular formula is C24H24N10O. The second-order valence-electron chi connectivity index (χ2n) is 5.55. The van der Waals surface area contributed by atoms with Crippen LogP contribution in [-0.4, -0.2) is 61.3 Å². The molecule has 35 heavy (non-hydrogen) atoms. The maximum absolute atomic E-state index is 11.4. The van der Waals surface area contributed by atoms with Crippen LogP contribution in [0.3, 0.4) is 0 Å². The Labute approximate surface area is 203 Å². The molecule has 11 nitrogen and oxygen atoms in total. The molecule has 0 aromatic carbocycles. The van der Waals surface area contributed by atoms with Crippen LogP contribution in [0.2, 0.25) is 0 Å². The number of allylic oxidation sites excluding steroid dienone is 5. The Bertz CT molecular complexity index is 1120. The maximum Gasteiger partial charge on any atom is 0.268 e. The summed E-state index contributed by atoms with van der Waals surface area (Å²) in [5.41, 5.74) is 5.22. The van der Waals surface area contributed by atoms with Gasteiger partial charge in [0.25, 0.3) is 5.91 Å². The molecule has 0 bridgehead atoms.